The first-order chi connectivity index (χ1) is 9.23. The number of aliphatic hydroxyl groups excluding tert-OH is 1. The van der Waals surface area contributed by atoms with E-state index in [1.807, 2.05) is 6.92 Å². The molecule has 1 aromatic rings. The van der Waals surface area contributed by atoms with Crippen molar-refractivity contribution in [1.82, 2.24) is 0 Å². The fourth-order valence-corrected chi connectivity index (χ4v) is 3.26. The molecule has 1 aliphatic rings. The second-order valence-electron chi connectivity index (χ2n) is 6.17. The van der Waals surface area contributed by atoms with Crippen LogP contribution in [0, 0.1) is 23.3 Å². The molecule has 0 saturated carbocycles. The Hall–Kier alpha value is -0.170. The first kappa shape index (κ1) is 16.2. The third kappa shape index (κ3) is 3.18. The maximum Gasteiger partial charge on any atom is 0.187 e. The Morgan fingerprint density at radius 3 is 2.60 bits per heavy atom. The van der Waals surface area contributed by atoms with Gasteiger partial charge in [0.25, 0.3) is 0 Å². The fraction of sp³-hybridized carbons (Fsp3) is 0.625. The zero-order valence-electron chi connectivity index (χ0n) is 12.7. The minimum absolute atomic E-state index is 0.313. The lowest BCUT2D eigenvalue weighted by Gasteiger charge is -2.44. The Morgan fingerprint density at radius 2 is 2.00 bits per heavy atom. The van der Waals surface area contributed by atoms with Gasteiger partial charge in [0, 0.05) is 15.6 Å². The normalized spacial score (nSPS) is 30.8. The van der Waals surface area contributed by atoms with Gasteiger partial charge in [-0.2, -0.15) is 0 Å². The number of aliphatic hydroxyl groups is 1. The summed E-state index contributed by atoms with van der Waals surface area (Å²) < 4.78 is 13.0. The van der Waals surface area contributed by atoms with E-state index in [2.05, 4.69) is 62.4 Å². The number of aryl methyl sites for hydroxylation is 1. The van der Waals surface area contributed by atoms with E-state index < -0.39 is 12.6 Å². The highest BCUT2D eigenvalue weighted by Gasteiger charge is 2.41. The summed E-state index contributed by atoms with van der Waals surface area (Å²) in [6.07, 6.45) is -0.776. The molecule has 0 spiro atoms. The van der Waals surface area contributed by atoms with Crippen molar-refractivity contribution in [2.45, 2.75) is 59.2 Å². The first-order valence-corrected chi connectivity index (χ1v) is 8.09. The average molecular weight is 390 g/mol. The number of halogens is 1. The van der Waals surface area contributed by atoms with Crippen LogP contribution in [0.2, 0.25) is 0 Å². The smallest absolute Gasteiger partial charge is 0.187 e. The quantitative estimate of drug-likeness (QED) is 0.774. The van der Waals surface area contributed by atoms with Gasteiger partial charge in [0.2, 0.25) is 0 Å². The van der Waals surface area contributed by atoms with E-state index in [0.717, 1.165) is 11.1 Å². The summed E-state index contributed by atoms with van der Waals surface area (Å²) in [7, 11) is 0. The molecular formula is C16H23IO3. The van der Waals surface area contributed by atoms with Gasteiger partial charge in [0.15, 0.2) is 12.6 Å². The van der Waals surface area contributed by atoms with Gasteiger partial charge < -0.3 is 14.6 Å². The minimum Gasteiger partial charge on any atom is -0.368 e. The van der Waals surface area contributed by atoms with Crippen LogP contribution in [0.3, 0.4) is 0 Å². The molecule has 3 atom stereocenters. The Bertz CT molecular complexity index is 501. The van der Waals surface area contributed by atoms with Crippen molar-refractivity contribution < 1.29 is 14.6 Å². The lowest BCUT2D eigenvalue weighted by molar-refractivity contribution is -0.335. The predicted molar refractivity (Wildman–Crippen MR) is 87.4 cm³/mol. The van der Waals surface area contributed by atoms with Gasteiger partial charge in [-0.1, -0.05) is 19.9 Å². The molecule has 1 N–H and O–H groups in total. The van der Waals surface area contributed by atoms with E-state index in [1.54, 1.807) is 0 Å². The van der Waals surface area contributed by atoms with Crippen LogP contribution < -0.4 is 0 Å². The Kier molecular flexibility index (Phi) is 4.79. The van der Waals surface area contributed by atoms with Crippen molar-refractivity contribution in [3.05, 3.63) is 32.4 Å². The zero-order chi connectivity index (χ0) is 15.1. The Morgan fingerprint density at radius 1 is 1.35 bits per heavy atom. The minimum atomic E-state index is -0.779. The maximum atomic E-state index is 10.1. The van der Waals surface area contributed by atoms with Gasteiger partial charge in [0.1, 0.15) is 0 Å². The Labute approximate surface area is 134 Å². The van der Waals surface area contributed by atoms with Crippen LogP contribution in [0.15, 0.2) is 12.1 Å². The summed E-state index contributed by atoms with van der Waals surface area (Å²) in [5.74, 6) is 0.313. The van der Waals surface area contributed by atoms with Crippen LogP contribution in [-0.2, 0) is 9.47 Å². The zero-order valence-corrected chi connectivity index (χ0v) is 14.9. The van der Waals surface area contributed by atoms with Crippen LogP contribution >= 0.6 is 22.6 Å². The highest BCUT2D eigenvalue weighted by atomic mass is 127. The molecule has 1 aliphatic heterocycles. The lowest BCUT2D eigenvalue weighted by atomic mass is 9.87. The second kappa shape index (κ2) is 5.91. The summed E-state index contributed by atoms with van der Waals surface area (Å²) in [6, 6.07) is 4.22. The maximum absolute atomic E-state index is 10.1. The second-order valence-corrected chi connectivity index (χ2v) is 7.34. The summed E-state index contributed by atoms with van der Waals surface area (Å²) in [5, 5.41) is 10.1. The van der Waals surface area contributed by atoms with Crippen molar-refractivity contribution in [3.63, 3.8) is 0 Å². The molecule has 4 heteroatoms. The molecule has 0 bridgehead atoms. The SMILES string of the molecule is Cc1cc(I)c(C)c(C2OC(O)CC(C)(C(C)C)O2)c1. The van der Waals surface area contributed by atoms with E-state index in [1.165, 1.54) is 9.13 Å². The van der Waals surface area contributed by atoms with Gasteiger partial charge in [-0.05, 0) is 66.5 Å². The fourth-order valence-electron chi connectivity index (χ4n) is 2.45. The van der Waals surface area contributed by atoms with E-state index in [0.29, 0.717) is 12.3 Å². The molecule has 2 rings (SSSR count). The summed E-state index contributed by atoms with van der Waals surface area (Å²) in [6.45, 7) is 10.4. The average Bonchev–Trinajstić information content (AvgIpc) is 2.32. The first-order valence-electron chi connectivity index (χ1n) is 7.01. The summed E-state index contributed by atoms with van der Waals surface area (Å²) >= 11 is 2.33. The molecule has 0 aromatic heterocycles. The van der Waals surface area contributed by atoms with Crippen molar-refractivity contribution in [3.8, 4) is 0 Å². The summed E-state index contributed by atoms with van der Waals surface area (Å²) in [5.41, 5.74) is 2.97. The van der Waals surface area contributed by atoms with Gasteiger partial charge in [-0.15, -0.1) is 0 Å². The molecular weight excluding hydrogens is 367 g/mol. The number of hydrogen-bond donors (Lipinski definition) is 1. The monoisotopic (exact) mass is 390 g/mol. The third-order valence-corrected chi connectivity index (χ3v) is 5.36. The van der Waals surface area contributed by atoms with Crippen molar-refractivity contribution in [2.75, 3.05) is 0 Å². The van der Waals surface area contributed by atoms with E-state index >= 15 is 0 Å². The lowest BCUT2D eigenvalue weighted by Crippen LogP contribution is -2.46. The molecule has 1 saturated heterocycles. The number of rotatable bonds is 2. The molecule has 112 valence electrons. The highest BCUT2D eigenvalue weighted by Crippen LogP contribution is 2.40. The molecule has 0 aliphatic carbocycles. The molecule has 1 fully saturated rings. The largest absolute Gasteiger partial charge is 0.368 e. The van der Waals surface area contributed by atoms with Gasteiger partial charge >= 0.3 is 0 Å². The van der Waals surface area contributed by atoms with Gasteiger partial charge in [0.05, 0.1) is 5.60 Å². The number of hydrogen-bond acceptors (Lipinski definition) is 3. The number of benzene rings is 1. The summed E-state index contributed by atoms with van der Waals surface area (Å²) in [4.78, 5) is 0. The molecule has 0 radical (unpaired) electrons. The van der Waals surface area contributed by atoms with Gasteiger partial charge in [-0.3, -0.25) is 0 Å². The van der Waals surface area contributed by atoms with Crippen molar-refractivity contribution >= 4 is 22.6 Å². The third-order valence-electron chi connectivity index (χ3n) is 4.24. The van der Waals surface area contributed by atoms with Crippen LogP contribution in [0.25, 0.3) is 0 Å². The van der Waals surface area contributed by atoms with Crippen LogP contribution in [0.1, 0.15) is 50.2 Å². The van der Waals surface area contributed by atoms with E-state index in [9.17, 15) is 5.11 Å². The molecule has 1 heterocycles. The Balaban J connectivity index is 2.37. The van der Waals surface area contributed by atoms with Crippen molar-refractivity contribution in [2.24, 2.45) is 5.92 Å². The number of ether oxygens (including phenoxy) is 2. The highest BCUT2D eigenvalue weighted by molar-refractivity contribution is 14.1. The molecule has 3 unspecified atom stereocenters. The van der Waals surface area contributed by atoms with E-state index in [-0.39, 0.29) is 5.60 Å². The predicted octanol–water partition coefficient (Wildman–Crippen LogP) is 4.08. The van der Waals surface area contributed by atoms with Gasteiger partial charge in [-0.25, -0.2) is 0 Å². The van der Waals surface area contributed by atoms with Crippen LogP contribution in [-0.4, -0.2) is 17.0 Å². The van der Waals surface area contributed by atoms with Crippen molar-refractivity contribution in [1.29, 1.82) is 0 Å². The standard InChI is InChI=1S/C16H23IO3/c1-9(2)16(5)8-14(18)19-15(20-16)12-6-10(3)7-13(17)11(12)4/h6-7,9,14-15,18H,8H2,1-5H3. The van der Waals surface area contributed by atoms with E-state index in [4.69, 9.17) is 9.47 Å². The molecule has 1 aromatic carbocycles. The molecule has 3 nitrogen and oxygen atoms in total. The molecule has 20 heavy (non-hydrogen) atoms. The molecule has 0 amide bonds. The van der Waals surface area contributed by atoms with Crippen LogP contribution in [0.5, 0.6) is 0 Å². The van der Waals surface area contributed by atoms with Crippen LogP contribution in [0.4, 0.5) is 0 Å². The topological polar surface area (TPSA) is 38.7 Å².